The average Bonchev–Trinajstić information content (AvgIpc) is 2.05. The van der Waals surface area contributed by atoms with E-state index in [0.29, 0.717) is 0 Å². The third-order valence-corrected chi connectivity index (χ3v) is 2.08. The van der Waals surface area contributed by atoms with Crippen LogP contribution in [-0.4, -0.2) is 56.2 Å². The molecule has 4 nitrogen and oxygen atoms in total. The lowest BCUT2D eigenvalue weighted by Crippen LogP contribution is -2.47. The number of piperazine rings is 1. The molecule has 0 spiro atoms. The summed E-state index contributed by atoms with van der Waals surface area (Å²) >= 11 is 0. The predicted molar refractivity (Wildman–Crippen MR) is 51.1 cm³/mol. The molecule has 1 saturated heterocycles. The van der Waals surface area contributed by atoms with Crippen molar-refractivity contribution in [3.63, 3.8) is 0 Å². The molecule has 0 amide bonds. The van der Waals surface area contributed by atoms with E-state index in [1.807, 2.05) is 0 Å². The van der Waals surface area contributed by atoms with Crippen molar-refractivity contribution >= 4 is 7.05 Å². The summed E-state index contributed by atoms with van der Waals surface area (Å²) in [4.78, 5) is 2.39. The Kier molecular flexibility index (Phi) is 4.61. The van der Waals surface area contributed by atoms with Crippen molar-refractivity contribution in [3.05, 3.63) is 0 Å². The summed E-state index contributed by atoms with van der Waals surface area (Å²) in [6, 6.07) is 0. The van der Waals surface area contributed by atoms with Crippen molar-refractivity contribution in [2.24, 2.45) is 0 Å². The SMILES string of the molecule is CB(O)NCCN1CCNCC1. The summed E-state index contributed by atoms with van der Waals surface area (Å²) in [5.41, 5.74) is 0. The molecule has 0 atom stereocenters. The molecule has 0 aromatic heterocycles. The Morgan fingerprint density at radius 3 is 2.75 bits per heavy atom. The Hall–Kier alpha value is -0.0951. The van der Waals surface area contributed by atoms with Crippen LogP contribution in [0.25, 0.3) is 0 Å². The molecule has 0 bridgehead atoms. The molecule has 0 radical (unpaired) electrons. The molecule has 1 fully saturated rings. The summed E-state index contributed by atoms with van der Waals surface area (Å²) in [6.45, 7) is 8.09. The van der Waals surface area contributed by atoms with Crippen LogP contribution in [0.1, 0.15) is 0 Å². The molecule has 12 heavy (non-hydrogen) atoms. The molecule has 70 valence electrons. The number of nitrogens with one attached hydrogen (secondary N) is 2. The van der Waals surface area contributed by atoms with Gasteiger partial charge < -0.3 is 15.6 Å². The lowest BCUT2D eigenvalue weighted by Gasteiger charge is -2.27. The van der Waals surface area contributed by atoms with Crippen LogP contribution < -0.4 is 10.5 Å². The Bertz CT molecular complexity index is 117. The zero-order valence-corrected chi connectivity index (χ0v) is 7.71. The van der Waals surface area contributed by atoms with Gasteiger partial charge in [-0.05, 0) is 13.4 Å². The normalized spacial score (nSPS) is 19.5. The highest BCUT2D eigenvalue weighted by molar-refractivity contribution is 6.45. The first-order valence-electron chi connectivity index (χ1n) is 4.63. The number of nitrogens with zero attached hydrogens (tertiary/aromatic N) is 1. The quantitative estimate of drug-likeness (QED) is 0.455. The maximum atomic E-state index is 8.94. The van der Waals surface area contributed by atoms with Gasteiger partial charge in [0.15, 0.2) is 0 Å². The van der Waals surface area contributed by atoms with E-state index in [4.69, 9.17) is 5.02 Å². The second kappa shape index (κ2) is 5.53. The zero-order valence-electron chi connectivity index (χ0n) is 7.71. The summed E-state index contributed by atoms with van der Waals surface area (Å²) < 4.78 is 0. The molecular weight excluding hydrogens is 153 g/mol. The molecule has 5 heteroatoms. The van der Waals surface area contributed by atoms with Gasteiger partial charge in [-0.2, -0.15) is 0 Å². The fourth-order valence-electron chi connectivity index (χ4n) is 1.37. The van der Waals surface area contributed by atoms with Crippen LogP contribution in [0.2, 0.25) is 6.82 Å². The Morgan fingerprint density at radius 2 is 2.17 bits per heavy atom. The molecule has 0 aliphatic carbocycles. The van der Waals surface area contributed by atoms with Crippen LogP contribution in [0.5, 0.6) is 0 Å². The van der Waals surface area contributed by atoms with Crippen LogP contribution >= 0.6 is 0 Å². The molecule has 0 aromatic carbocycles. The first kappa shape index (κ1) is 9.99. The second-order valence-corrected chi connectivity index (χ2v) is 3.22. The van der Waals surface area contributed by atoms with Gasteiger partial charge in [0.05, 0.1) is 0 Å². The van der Waals surface area contributed by atoms with E-state index in [-0.39, 0.29) is 7.05 Å². The first-order valence-corrected chi connectivity index (χ1v) is 4.63. The van der Waals surface area contributed by atoms with Crippen LogP contribution in [0.4, 0.5) is 0 Å². The van der Waals surface area contributed by atoms with Gasteiger partial charge in [-0.3, -0.25) is 4.90 Å². The third-order valence-electron chi connectivity index (χ3n) is 2.08. The van der Waals surface area contributed by atoms with Gasteiger partial charge >= 0.3 is 7.05 Å². The van der Waals surface area contributed by atoms with Gasteiger partial charge in [0, 0.05) is 32.7 Å². The predicted octanol–water partition coefficient (Wildman–Crippen LogP) is -1.41. The Labute approximate surface area is 74.5 Å². The highest BCUT2D eigenvalue weighted by Crippen LogP contribution is 1.89. The van der Waals surface area contributed by atoms with Gasteiger partial charge in [-0.25, -0.2) is 0 Å². The number of rotatable bonds is 4. The number of hydrogen-bond donors (Lipinski definition) is 3. The van der Waals surface area contributed by atoms with Crippen molar-refractivity contribution in [2.45, 2.75) is 6.82 Å². The van der Waals surface area contributed by atoms with Crippen LogP contribution in [0.3, 0.4) is 0 Å². The van der Waals surface area contributed by atoms with E-state index < -0.39 is 0 Å². The van der Waals surface area contributed by atoms with Gasteiger partial charge in [0.2, 0.25) is 0 Å². The van der Waals surface area contributed by atoms with Crippen molar-refractivity contribution in [1.29, 1.82) is 0 Å². The summed E-state index contributed by atoms with van der Waals surface area (Å²) in [6.07, 6.45) is 0. The summed E-state index contributed by atoms with van der Waals surface area (Å²) in [7, 11) is -0.382. The van der Waals surface area contributed by atoms with E-state index in [1.165, 1.54) is 0 Å². The van der Waals surface area contributed by atoms with Gasteiger partial charge in [-0.1, -0.05) is 0 Å². The highest BCUT2D eigenvalue weighted by Gasteiger charge is 2.09. The standard InChI is InChI=1S/C7H18BN3O/c1-8(12)10-4-7-11-5-2-9-3-6-11/h9-10,12H,2-7H2,1H3. The van der Waals surface area contributed by atoms with E-state index >= 15 is 0 Å². The smallest absolute Gasteiger partial charge is 0.373 e. The number of hydrogen-bond acceptors (Lipinski definition) is 4. The van der Waals surface area contributed by atoms with E-state index in [9.17, 15) is 0 Å². The fraction of sp³-hybridized carbons (Fsp3) is 1.00. The Balaban J connectivity index is 1.98. The van der Waals surface area contributed by atoms with Crippen molar-refractivity contribution in [3.8, 4) is 0 Å². The molecular formula is C7H18BN3O. The molecule has 0 saturated carbocycles. The van der Waals surface area contributed by atoms with E-state index in [2.05, 4.69) is 15.4 Å². The minimum Gasteiger partial charge on any atom is -0.437 e. The van der Waals surface area contributed by atoms with Gasteiger partial charge in [-0.15, -0.1) is 0 Å². The van der Waals surface area contributed by atoms with E-state index in [1.54, 1.807) is 6.82 Å². The topological polar surface area (TPSA) is 47.5 Å². The van der Waals surface area contributed by atoms with Crippen molar-refractivity contribution in [2.75, 3.05) is 39.3 Å². The maximum absolute atomic E-state index is 8.94. The van der Waals surface area contributed by atoms with Crippen LogP contribution in [-0.2, 0) is 0 Å². The molecule has 0 unspecified atom stereocenters. The molecule has 1 aliphatic rings. The summed E-state index contributed by atoms with van der Waals surface area (Å²) in [5.74, 6) is 0. The molecule has 1 aliphatic heterocycles. The molecule has 3 N–H and O–H groups in total. The van der Waals surface area contributed by atoms with Crippen molar-refractivity contribution < 1.29 is 5.02 Å². The second-order valence-electron chi connectivity index (χ2n) is 3.22. The Morgan fingerprint density at radius 1 is 1.50 bits per heavy atom. The minimum absolute atomic E-state index is 0.382. The molecule has 0 aromatic rings. The maximum Gasteiger partial charge on any atom is 0.373 e. The third kappa shape index (κ3) is 4.06. The fourth-order valence-corrected chi connectivity index (χ4v) is 1.37. The largest absolute Gasteiger partial charge is 0.437 e. The van der Waals surface area contributed by atoms with Gasteiger partial charge in [0.25, 0.3) is 0 Å². The summed E-state index contributed by atoms with van der Waals surface area (Å²) in [5, 5.41) is 15.2. The highest BCUT2D eigenvalue weighted by atomic mass is 16.2. The zero-order chi connectivity index (χ0) is 8.81. The monoisotopic (exact) mass is 171 g/mol. The molecule has 1 heterocycles. The van der Waals surface area contributed by atoms with Crippen molar-refractivity contribution in [1.82, 2.24) is 15.4 Å². The van der Waals surface area contributed by atoms with Crippen LogP contribution in [0, 0.1) is 0 Å². The van der Waals surface area contributed by atoms with Gasteiger partial charge in [0.1, 0.15) is 0 Å². The minimum atomic E-state index is -0.382. The lowest BCUT2D eigenvalue weighted by atomic mass is 9.89. The lowest BCUT2D eigenvalue weighted by molar-refractivity contribution is 0.244. The molecule has 1 rings (SSSR count). The first-order chi connectivity index (χ1) is 5.79. The average molecular weight is 171 g/mol. The van der Waals surface area contributed by atoms with Crippen LogP contribution in [0.15, 0.2) is 0 Å². The van der Waals surface area contributed by atoms with E-state index in [0.717, 1.165) is 39.3 Å².